The summed E-state index contributed by atoms with van der Waals surface area (Å²) in [7, 11) is 0. The molecule has 1 fully saturated rings. The second-order valence-corrected chi connectivity index (χ2v) is 8.24. The Labute approximate surface area is 199 Å². The maximum Gasteiger partial charge on any atom is 0.308 e. The molecule has 1 atom stereocenters. The van der Waals surface area contributed by atoms with E-state index in [2.05, 4.69) is 10.6 Å². The van der Waals surface area contributed by atoms with E-state index in [0.29, 0.717) is 25.9 Å². The SMILES string of the molecule is O=C(CCc1ccccc1)NC(=S)N1CCNC(=O)C1CC(=O)OCCCc1ccccc1. The van der Waals surface area contributed by atoms with Gasteiger partial charge >= 0.3 is 5.97 Å². The molecule has 1 aliphatic rings. The quantitative estimate of drug-likeness (QED) is 0.335. The summed E-state index contributed by atoms with van der Waals surface area (Å²) < 4.78 is 5.34. The van der Waals surface area contributed by atoms with Gasteiger partial charge in [0.05, 0.1) is 13.0 Å². The van der Waals surface area contributed by atoms with Crippen molar-refractivity contribution >= 4 is 35.1 Å². The number of amides is 2. The molecular formula is C25H29N3O4S. The van der Waals surface area contributed by atoms with E-state index in [9.17, 15) is 14.4 Å². The summed E-state index contributed by atoms with van der Waals surface area (Å²) in [6.45, 7) is 1.08. The predicted octanol–water partition coefficient (Wildman–Crippen LogP) is 2.39. The van der Waals surface area contributed by atoms with E-state index in [1.54, 1.807) is 4.90 Å². The number of nitrogens with one attached hydrogen (secondary N) is 2. The van der Waals surface area contributed by atoms with E-state index >= 15 is 0 Å². The molecule has 2 N–H and O–H groups in total. The number of hydrogen-bond donors (Lipinski definition) is 2. The summed E-state index contributed by atoms with van der Waals surface area (Å²) in [4.78, 5) is 38.7. The predicted molar refractivity (Wildman–Crippen MR) is 129 cm³/mol. The molecule has 1 aliphatic heterocycles. The number of aryl methyl sites for hydroxylation is 2. The smallest absolute Gasteiger partial charge is 0.308 e. The number of thiocarbonyl (C=S) groups is 1. The minimum absolute atomic E-state index is 0.128. The maximum atomic E-state index is 12.4. The normalized spacial score (nSPS) is 15.5. The van der Waals surface area contributed by atoms with Crippen molar-refractivity contribution in [1.29, 1.82) is 0 Å². The fourth-order valence-corrected chi connectivity index (χ4v) is 3.97. The third-order valence-electron chi connectivity index (χ3n) is 5.40. The van der Waals surface area contributed by atoms with Crippen LogP contribution in [-0.4, -0.2) is 53.5 Å². The summed E-state index contributed by atoms with van der Waals surface area (Å²) in [6.07, 6.45) is 2.25. The van der Waals surface area contributed by atoms with E-state index in [0.717, 1.165) is 12.0 Å². The molecule has 0 radical (unpaired) electrons. The largest absolute Gasteiger partial charge is 0.466 e. The van der Waals surface area contributed by atoms with Gasteiger partial charge in [-0.2, -0.15) is 0 Å². The number of carbonyl (C=O) groups excluding carboxylic acids is 3. The van der Waals surface area contributed by atoms with Crippen molar-refractivity contribution in [1.82, 2.24) is 15.5 Å². The van der Waals surface area contributed by atoms with Gasteiger partial charge in [0.2, 0.25) is 11.8 Å². The van der Waals surface area contributed by atoms with Crippen LogP contribution in [0.25, 0.3) is 0 Å². The molecular weight excluding hydrogens is 438 g/mol. The Kier molecular flexibility index (Phi) is 9.38. The molecule has 2 aromatic rings. The first-order valence-electron chi connectivity index (χ1n) is 11.1. The number of rotatable bonds is 9. The van der Waals surface area contributed by atoms with Crippen LogP contribution in [0.2, 0.25) is 0 Å². The number of hydrogen-bond acceptors (Lipinski definition) is 5. The van der Waals surface area contributed by atoms with Crippen molar-refractivity contribution in [2.45, 2.75) is 38.1 Å². The van der Waals surface area contributed by atoms with Gasteiger partial charge in [-0.25, -0.2) is 0 Å². The number of benzene rings is 2. The molecule has 8 heteroatoms. The molecule has 0 aromatic heterocycles. The topological polar surface area (TPSA) is 87.7 Å². The minimum atomic E-state index is -0.803. The van der Waals surface area contributed by atoms with Gasteiger partial charge in [-0.3, -0.25) is 14.4 Å². The molecule has 2 amide bonds. The van der Waals surface area contributed by atoms with Crippen molar-refractivity contribution in [3.05, 3.63) is 71.8 Å². The van der Waals surface area contributed by atoms with E-state index in [1.165, 1.54) is 5.56 Å². The zero-order valence-corrected chi connectivity index (χ0v) is 19.3. The van der Waals surface area contributed by atoms with Crippen LogP contribution in [-0.2, 0) is 32.0 Å². The van der Waals surface area contributed by atoms with Crippen LogP contribution in [0.4, 0.5) is 0 Å². The van der Waals surface area contributed by atoms with E-state index in [1.807, 2.05) is 60.7 Å². The van der Waals surface area contributed by atoms with E-state index < -0.39 is 12.0 Å². The van der Waals surface area contributed by atoms with Crippen molar-refractivity contribution in [3.63, 3.8) is 0 Å². The van der Waals surface area contributed by atoms with E-state index in [-0.39, 0.29) is 36.4 Å². The van der Waals surface area contributed by atoms with Crippen LogP contribution in [0.1, 0.15) is 30.4 Å². The molecule has 0 spiro atoms. The molecule has 3 rings (SSSR count). The zero-order chi connectivity index (χ0) is 23.5. The Balaban J connectivity index is 1.45. The Morgan fingerprint density at radius 3 is 2.33 bits per heavy atom. The molecule has 33 heavy (non-hydrogen) atoms. The van der Waals surface area contributed by atoms with Crippen molar-refractivity contribution in [2.24, 2.45) is 0 Å². The first-order chi connectivity index (χ1) is 16.0. The molecule has 1 unspecified atom stereocenters. The highest BCUT2D eigenvalue weighted by molar-refractivity contribution is 7.80. The highest BCUT2D eigenvalue weighted by Gasteiger charge is 2.34. The zero-order valence-electron chi connectivity index (χ0n) is 18.5. The third-order valence-corrected chi connectivity index (χ3v) is 5.73. The van der Waals surface area contributed by atoms with Crippen LogP contribution in [0, 0.1) is 0 Å². The lowest BCUT2D eigenvalue weighted by Crippen LogP contribution is -2.60. The summed E-state index contributed by atoms with van der Waals surface area (Å²) in [5, 5.41) is 5.61. The van der Waals surface area contributed by atoms with Crippen LogP contribution in [0.15, 0.2) is 60.7 Å². The number of piperazine rings is 1. The van der Waals surface area contributed by atoms with Gasteiger partial charge in [-0.05, 0) is 42.6 Å². The molecule has 0 bridgehead atoms. The fraction of sp³-hybridized carbons (Fsp3) is 0.360. The first kappa shape index (κ1) is 24.4. The lowest BCUT2D eigenvalue weighted by atomic mass is 10.1. The number of esters is 1. The Hall–Kier alpha value is -3.26. The molecule has 2 aromatic carbocycles. The summed E-state index contributed by atoms with van der Waals surface area (Å²) >= 11 is 5.39. The molecule has 1 saturated heterocycles. The average molecular weight is 468 g/mol. The summed E-state index contributed by atoms with van der Waals surface area (Å²) in [6, 6.07) is 18.9. The highest BCUT2D eigenvalue weighted by Crippen LogP contribution is 2.12. The number of ether oxygens (including phenoxy) is 1. The first-order valence-corrected chi connectivity index (χ1v) is 11.6. The Morgan fingerprint density at radius 1 is 1.03 bits per heavy atom. The van der Waals surface area contributed by atoms with Gasteiger partial charge in [-0.15, -0.1) is 0 Å². The minimum Gasteiger partial charge on any atom is -0.466 e. The third kappa shape index (κ3) is 7.98. The van der Waals surface area contributed by atoms with Gasteiger partial charge in [0, 0.05) is 19.5 Å². The Bertz CT molecular complexity index is 953. The molecule has 0 aliphatic carbocycles. The number of carbonyl (C=O) groups is 3. The average Bonchev–Trinajstić information content (AvgIpc) is 2.83. The van der Waals surface area contributed by atoms with Gasteiger partial charge < -0.3 is 20.3 Å². The maximum absolute atomic E-state index is 12.4. The highest BCUT2D eigenvalue weighted by atomic mass is 32.1. The van der Waals surface area contributed by atoms with Gasteiger partial charge in [0.25, 0.3) is 0 Å². The van der Waals surface area contributed by atoms with Crippen LogP contribution in [0.3, 0.4) is 0 Å². The van der Waals surface area contributed by atoms with Gasteiger partial charge in [0.1, 0.15) is 6.04 Å². The second-order valence-electron chi connectivity index (χ2n) is 7.85. The van der Waals surface area contributed by atoms with Crippen molar-refractivity contribution in [3.8, 4) is 0 Å². The van der Waals surface area contributed by atoms with Gasteiger partial charge in [-0.1, -0.05) is 60.7 Å². The molecule has 7 nitrogen and oxygen atoms in total. The molecule has 0 saturated carbocycles. The Morgan fingerprint density at radius 2 is 1.67 bits per heavy atom. The molecule has 1 heterocycles. The van der Waals surface area contributed by atoms with Crippen molar-refractivity contribution in [2.75, 3.05) is 19.7 Å². The lowest BCUT2D eigenvalue weighted by molar-refractivity contribution is -0.147. The van der Waals surface area contributed by atoms with Crippen molar-refractivity contribution < 1.29 is 19.1 Å². The van der Waals surface area contributed by atoms with Crippen LogP contribution >= 0.6 is 12.2 Å². The fourth-order valence-electron chi connectivity index (χ4n) is 3.64. The summed E-state index contributed by atoms with van der Waals surface area (Å²) in [5.74, 6) is -0.992. The van der Waals surface area contributed by atoms with E-state index in [4.69, 9.17) is 17.0 Å². The van der Waals surface area contributed by atoms with Gasteiger partial charge in [0.15, 0.2) is 5.11 Å². The lowest BCUT2D eigenvalue weighted by Gasteiger charge is -2.36. The monoisotopic (exact) mass is 467 g/mol. The number of nitrogens with zero attached hydrogens (tertiary/aromatic N) is 1. The van der Waals surface area contributed by atoms with Crippen LogP contribution in [0.5, 0.6) is 0 Å². The van der Waals surface area contributed by atoms with Crippen LogP contribution < -0.4 is 10.6 Å². The second kappa shape index (κ2) is 12.7. The molecule has 174 valence electrons. The summed E-state index contributed by atoms with van der Waals surface area (Å²) in [5.41, 5.74) is 2.24. The standard InChI is InChI=1S/C25H29N3O4S/c29-22(14-13-20-10-5-2-6-11-20)27-25(33)28-16-15-26-24(31)21(28)18-23(30)32-17-7-12-19-8-3-1-4-9-19/h1-6,8-11,21H,7,12-18H2,(H,26,31)(H,27,29,33).